The highest BCUT2D eigenvalue weighted by Crippen LogP contribution is 2.32. The highest BCUT2D eigenvalue weighted by atomic mass is 79.9. The zero-order chi connectivity index (χ0) is 16.9. The number of nitrogens with one attached hydrogen (secondary N) is 2. The normalized spacial score (nSPS) is 10.4. The van der Waals surface area contributed by atoms with Crippen molar-refractivity contribution in [3.05, 3.63) is 52.4 Å². The molecule has 0 saturated carbocycles. The van der Waals surface area contributed by atoms with E-state index in [1.54, 1.807) is 6.20 Å². The summed E-state index contributed by atoms with van der Waals surface area (Å²) in [6, 6.07) is 11.7. The largest absolute Gasteiger partial charge is 0.483 e. The van der Waals surface area contributed by atoms with Crippen LogP contribution < -0.4 is 15.4 Å². The molecule has 122 valence electrons. The van der Waals surface area contributed by atoms with Crippen LogP contribution in [0.3, 0.4) is 0 Å². The van der Waals surface area contributed by atoms with E-state index in [1.165, 1.54) is 11.3 Å². The van der Waals surface area contributed by atoms with Gasteiger partial charge in [-0.1, -0.05) is 30.3 Å². The van der Waals surface area contributed by atoms with Crippen molar-refractivity contribution >= 4 is 66.4 Å². The molecule has 3 aromatic rings. The molecule has 1 aromatic heterocycles. The van der Waals surface area contributed by atoms with Crippen molar-refractivity contribution in [2.75, 3.05) is 11.9 Å². The van der Waals surface area contributed by atoms with Crippen molar-refractivity contribution in [3.8, 4) is 5.75 Å². The summed E-state index contributed by atoms with van der Waals surface area (Å²) in [6.07, 6.45) is 1.65. The number of amides is 1. The molecule has 1 heterocycles. The number of rotatable bonds is 4. The first-order chi connectivity index (χ1) is 11.6. The summed E-state index contributed by atoms with van der Waals surface area (Å²) in [4.78, 5) is 16.0. The quantitative estimate of drug-likeness (QED) is 0.624. The summed E-state index contributed by atoms with van der Waals surface area (Å²) in [5.74, 6) is 0.256. The van der Waals surface area contributed by atoms with E-state index in [9.17, 15) is 4.79 Å². The van der Waals surface area contributed by atoms with E-state index in [-0.39, 0.29) is 17.6 Å². The van der Waals surface area contributed by atoms with Crippen molar-refractivity contribution in [2.24, 2.45) is 0 Å². The van der Waals surface area contributed by atoms with E-state index in [4.69, 9.17) is 17.0 Å². The van der Waals surface area contributed by atoms with E-state index < -0.39 is 0 Å². The summed E-state index contributed by atoms with van der Waals surface area (Å²) in [5.41, 5.74) is 0. The predicted molar refractivity (Wildman–Crippen MR) is 104 cm³/mol. The Morgan fingerprint density at radius 1 is 1.29 bits per heavy atom. The Balaban J connectivity index is 1.58. The number of carbonyl (C=O) groups excluding carboxylic acids is 1. The molecule has 0 spiro atoms. The van der Waals surface area contributed by atoms with Crippen LogP contribution in [-0.2, 0) is 4.79 Å². The van der Waals surface area contributed by atoms with Gasteiger partial charge in [0.15, 0.2) is 16.9 Å². The van der Waals surface area contributed by atoms with Gasteiger partial charge in [-0.05, 0) is 45.0 Å². The Hall–Kier alpha value is -2.03. The SMILES string of the molecule is O=C(COc1ccc2ccccc2c1Br)NC(=S)Nc1nccs1. The van der Waals surface area contributed by atoms with Crippen molar-refractivity contribution in [3.63, 3.8) is 0 Å². The van der Waals surface area contributed by atoms with Crippen LogP contribution in [0.5, 0.6) is 5.75 Å². The van der Waals surface area contributed by atoms with Crippen molar-refractivity contribution in [1.82, 2.24) is 10.3 Å². The fourth-order valence-electron chi connectivity index (χ4n) is 2.04. The van der Waals surface area contributed by atoms with Crippen molar-refractivity contribution in [1.29, 1.82) is 0 Å². The van der Waals surface area contributed by atoms with Crippen LogP contribution in [0.25, 0.3) is 10.8 Å². The van der Waals surface area contributed by atoms with E-state index in [0.29, 0.717) is 10.9 Å². The molecule has 5 nitrogen and oxygen atoms in total. The number of halogens is 1. The highest BCUT2D eigenvalue weighted by Gasteiger charge is 2.10. The van der Waals surface area contributed by atoms with Crippen molar-refractivity contribution < 1.29 is 9.53 Å². The minimum Gasteiger partial charge on any atom is -0.483 e. The summed E-state index contributed by atoms with van der Waals surface area (Å²) in [5, 5.41) is 10.1. The molecule has 2 aromatic carbocycles. The average molecular weight is 422 g/mol. The Kier molecular flexibility index (Phi) is 5.39. The van der Waals surface area contributed by atoms with Crippen molar-refractivity contribution in [2.45, 2.75) is 0 Å². The highest BCUT2D eigenvalue weighted by molar-refractivity contribution is 9.10. The second-order valence-electron chi connectivity index (χ2n) is 4.73. The number of thiazole rings is 1. The first kappa shape index (κ1) is 16.8. The van der Waals surface area contributed by atoms with Gasteiger partial charge in [-0.3, -0.25) is 10.1 Å². The van der Waals surface area contributed by atoms with E-state index in [1.807, 2.05) is 41.8 Å². The molecular weight excluding hydrogens is 410 g/mol. The molecule has 3 rings (SSSR count). The minimum absolute atomic E-state index is 0.142. The number of anilines is 1. The van der Waals surface area contributed by atoms with Gasteiger partial charge in [0.05, 0.1) is 4.47 Å². The van der Waals surface area contributed by atoms with Crippen LogP contribution in [0.15, 0.2) is 52.4 Å². The monoisotopic (exact) mass is 421 g/mol. The van der Waals surface area contributed by atoms with Crippen LogP contribution in [-0.4, -0.2) is 22.6 Å². The van der Waals surface area contributed by atoms with Crippen LogP contribution in [0, 0.1) is 0 Å². The molecule has 0 aliphatic carbocycles. The summed E-state index contributed by atoms with van der Waals surface area (Å²) >= 11 is 9.97. The molecule has 0 bridgehead atoms. The zero-order valence-corrected chi connectivity index (χ0v) is 15.5. The predicted octanol–water partition coefficient (Wildman–Crippen LogP) is 3.95. The summed E-state index contributed by atoms with van der Waals surface area (Å²) < 4.78 is 6.40. The summed E-state index contributed by atoms with van der Waals surface area (Å²) in [7, 11) is 0. The molecule has 0 unspecified atom stereocenters. The number of carbonyl (C=O) groups is 1. The smallest absolute Gasteiger partial charge is 0.264 e. The van der Waals surface area contributed by atoms with Crippen LogP contribution >= 0.6 is 39.5 Å². The van der Waals surface area contributed by atoms with Gasteiger partial charge in [0.2, 0.25) is 0 Å². The Morgan fingerprint density at radius 2 is 2.12 bits per heavy atom. The van der Waals surface area contributed by atoms with E-state index >= 15 is 0 Å². The molecule has 0 radical (unpaired) electrons. The van der Waals surface area contributed by atoms with Gasteiger partial charge in [-0.2, -0.15) is 0 Å². The third kappa shape index (κ3) is 4.08. The first-order valence-corrected chi connectivity index (χ1v) is 9.02. The number of hydrogen-bond acceptors (Lipinski definition) is 5. The molecule has 0 atom stereocenters. The maximum atomic E-state index is 11.9. The van der Waals surface area contributed by atoms with E-state index in [0.717, 1.165) is 15.2 Å². The second-order valence-corrected chi connectivity index (χ2v) is 6.82. The molecule has 0 aliphatic rings. The minimum atomic E-state index is -0.343. The number of hydrogen-bond donors (Lipinski definition) is 2. The van der Waals surface area contributed by atoms with Gasteiger partial charge in [0.25, 0.3) is 5.91 Å². The van der Waals surface area contributed by atoms with Gasteiger partial charge in [-0.25, -0.2) is 4.98 Å². The Labute approximate surface area is 156 Å². The molecule has 8 heteroatoms. The average Bonchev–Trinajstić information content (AvgIpc) is 3.07. The maximum absolute atomic E-state index is 11.9. The molecule has 1 amide bonds. The number of fused-ring (bicyclic) bond motifs is 1. The lowest BCUT2D eigenvalue weighted by atomic mass is 10.1. The third-order valence-corrected chi connectivity index (χ3v) is 4.80. The van der Waals surface area contributed by atoms with Gasteiger partial charge in [0.1, 0.15) is 5.75 Å². The maximum Gasteiger partial charge on any atom is 0.264 e. The lowest BCUT2D eigenvalue weighted by Crippen LogP contribution is -2.37. The van der Waals surface area contributed by atoms with Crippen LogP contribution in [0.1, 0.15) is 0 Å². The summed E-state index contributed by atoms with van der Waals surface area (Å²) in [6.45, 7) is -0.142. The number of thiocarbonyl (C=S) groups is 1. The first-order valence-electron chi connectivity index (χ1n) is 6.94. The number of benzene rings is 2. The molecule has 0 aliphatic heterocycles. The molecule has 24 heavy (non-hydrogen) atoms. The fraction of sp³-hybridized carbons (Fsp3) is 0.0625. The molecule has 2 N–H and O–H groups in total. The second kappa shape index (κ2) is 7.69. The lowest BCUT2D eigenvalue weighted by Gasteiger charge is -2.11. The van der Waals surface area contributed by atoms with Gasteiger partial charge >= 0.3 is 0 Å². The number of aromatic nitrogens is 1. The zero-order valence-electron chi connectivity index (χ0n) is 12.3. The molecule has 0 fully saturated rings. The topological polar surface area (TPSA) is 63.2 Å². The van der Waals surface area contributed by atoms with Gasteiger partial charge in [0, 0.05) is 11.6 Å². The fourth-order valence-corrected chi connectivity index (χ4v) is 3.46. The van der Waals surface area contributed by atoms with E-state index in [2.05, 4.69) is 31.5 Å². The van der Waals surface area contributed by atoms with Crippen LogP contribution in [0.2, 0.25) is 0 Å². The number of ether oxygens (including phenoxy) is 1. The molecule has 0 saturated heterocycles. The van der Waals surface area contributed by atoms with Gasteiger partial charge < -0.3 is 10.1 Å². The van der Waals surface area contributed by atoms with Gasteiger partial charge in [-0.15, -0.1) is 11.3 Å². The molecular formula is C16H12BrN3O2S2. The lowest BCUT2D eigenvalue weighted by molar-refractivity contribution is -0.121. The van der Waals surface area contributed by atoms with Crippen LogP contribution in [0.4, 0.5) is 5.13 Å². The number of nitrogens with zero attached hydrogens (tertiary/aromatic N) is 1. The third-order valence-electron chi connectivity index (χ3n) is 3.09. The Bertz CT molecular complexity index is 884. The standard InChI is InChI=1S/C16H12BrN3O2S2/c17-14-11-4-2-1-3-10(11)5-6-12(14)22-9-13(21)19-15(23)20-16-18-7-8-24-16/h1-8H,9H2,(H2,18,19,20,21,23). The Morgan fingerprint density at radius 3 is 2.92 bits per heavy atom.